The number of anilines is 1. The van der Waals surface area contributed by atoms with Crippen LogP contribution >= 0.6 is 0 Å². The van der Waals surface area contributed by atoms with Gasteiger partial charge in [-0.25, -0.2) is 4.98 Å². The van der Waals surface area contributed by atoms with Crippen LogP contribution in [0.15, 0.2) is 18.2 Å². The molecule has 0 aliphatic heterocycles. The fourth-order valence-corrected chi connectivity index (χ4v) is 2.74. The Kier molecular flexibility index (Phi) is 3.11. The molecule has 104 valence electrons. The van der Waals surface area contributed by atoms with Crippen molar-refractivity contribution in [2.24, 2.45) is 5.41 Å². The topological polar surface area (TPSA) is 76.9 Å². The van der Waals surface area contributed by atoms with Crippen LogP contribution in [-0.2, 0) is 11.3 Å². The highest BCUT2D eigenvalue weighted by Gasteiger charge is 2.42. The number of rotatable bonds is 5. The summed E-state index contributed by atoms with van der Waals surface area (Å²) in [5, 5.41) is 9.14. The summed E-state index contributed by atoms with van der Waals surface area (Å²) in [7, 11) is 1.73. The van der Waals surface area contributed by atoms with Gasteiger partial charge in [0.25, 0.3) is 0 Å². The molecule has 1 heterocycles. The van der Waals surface area contributed by atoms with Crippen molar-refractivity contribution in [1.29, 1.82) is 5.26 Å². The van der Waals surface area contributed by atoms with E-state index in [0.717, 1.165) is 25.1 Å². The normalized spacial score (nSPS) is 16.2. The predicted molar refractivity (Wildman–Crippen MR) is 77.0 cm³/mol. The first-order valence-electron chi connectivity index (χ1n) is 6.83. The molecule has 0 bridgehead atoms. The maximum absolute atomic E-state index is 9.14. The maximum atomic E-state index is 9.14. The van der Waals surface area contributed by atoms with E-state index in [2.05, 4.69) is 11.1 Å². The van der Waals surface area contributed by atoms with Gasteiger partial charge in [-0.3, -0.25) is 0 Å². The van der Waals surface area contributed by atoms with Crippen LogP contribution in [0.1, 0.15) is 24.8 Å². The van der Waals surface area contributed by atoms with Gasteiger partial charge in [-0.2, -0.15) is 5.26 Å². The number of hydrogen-bond acceptors (Lipinski definition) is 4. The molecule has 5 nitrogen and oxygen atoms in total. The van der Waals surface area contributed by atoms with Crippen molar-refractivity contribution in [2.75, 3.05) is 19.5 Å². The van der Waals surface area contributed by atoms with Gasteiger partial charge in [0.2, 0.25) is 5.95 Å². The summed E-state index contributed by atoms with van der Waals surface area (Å²) in [6.07, 6.45) is 3.45. The third kappa shape index (κ3) is 2.12. The number of nitrogens with two attached hydrogens (primary N) is 1. The Balaban J connectivity index is 1.96. The van der Waals surface area contributed by atoms with E-state index < -0.39 is 0 Å². The quantitative estimate of drug-likeness (QED) is 0.904. The number of methoxy groups -OCH3 is 1. The average molecular weight is 270 g/mol. The Bertz CT molecular complexity index is 679. The molecule has 5 heteroatoms. The molecule has 2 aromatic rings. The zero-order chi connectivity index (χ0) is 14.2. The van der Waals surface area contributed by atoms with E-state index in [1.165, 1.54) is 12.8 Å². The van der Waals surface area contributed by atoms with E-state index in [1.54, 1.807) is 13.2 Å². The number of ether oxygens (including phenoxy) is 1. The second-order valence-corrected chi connectivity index (χ2v) is 5.58. The maximum Gasteiger partial charge on any atom is 0.201 e. The molecular weight excluding hydrogens is 252 g/mol. The first-order chi connectivity index (χ1) is 9.69. The van der Waals surface area contributed by atoms with E-state index in [0.29, 0.717) is 22.4 Å². The minimum atomic E-state index is 0.292. The Morgan fingerprint density at radius 1 is 1.50 bits per heavy atom. The van der Waals surface area contributed by atoms with Gasteiger partial charge in [-0.15, -0.1) is 0 Å². The van der Waals surface area contributed by atoms with Crippen LogP contribution < -0.4 is 5.73 Å². The number of aromatic nitrogens is 2. The van der Waals surface area contributed by atoms with Gasteiger partial charge in [0, 0.05) is 20.3 Å². The number of nitrogen functional groups attached to an aromatic ring is 1. The van der Waals surface area contributed by atoms with E-state index in [-0.39, 0.29) is 0 Å². The summed E-state index contributed by atoms with van der Waals surface area (Å²) >= 11 is 0. The number of para-hydroxylation sites is 1. The lowest BCUT2D eigenvalue weighted by Crippen LogP contribution is -2.15. The molecule has 20 heavy (non-hydrogen) atoms. The molecule has 1 aromatic heterocycles. The van der Waals surface area contributed by atoms with Crippen LogP contribution in [0.3, 0.4) is 0 Å². The summed E-state index contributed by atoms with van der Waals surface area (Å²) in [6.45, 7) is 1.63. The molecule has 0 spiro atoms. The van der Waals surface area contributed by atoms with Gasteiger partial charge in [-0.05, 0) is 36.8 Å². The molecule has 0 atom stereocenters. The van der Waals surface area contributed by atoms with Crippen molar-refractivity contribution in [2.45, 2.75) is 25.8 Å². The largest absolute Gasteiger partial charge is 0.385 e. The van der Waals surface area contributed by atoms with Crippen molar-refractivity contribution in [1.82, 2.24) is 9.55 Å². The number of benzene rings is 1. The molecule has 1 saturated carbocycles. The molecular formula is C15H18N4O. The summed E-state index contributed by atoms with van der Waals surface area (Å²) in [5.41, 5.74) is 8.58. The molecule has 1 aliphatic rings. The first-order valence-corrected chi connectivity index (χ1v) is 6.83. The first kappa shape index (κ1) is 12.9. The van der Waals surface area contributed by atoms with Gasteiger partial charge < -0.3 is 15.0 Å². The van der Waals surface area contributed by atoms with Crippen molar-refractivity contribution >= 4 is 17.0 Å². The van der Waals surface area contributed by atoms with E-state index >= 15 is 0 Å². The van der Waals surface area contributed by atoms with Crippen LogP contribution in [0.2, 0.25) is 0 Å². The monoisotopic (exact) mass is 270 g/mol. The molecule has 0 saturated heterocycles. The summed E-state index contributed by atoms with van der Waals surface area (Å²) in [6, 6.07) is 7.81. The Labute approximate surface area is 118 Å². The molecule has 2 N–H and O–H groups in total. The standard InChI is InChI=1S/C15H18N4O/c1-20-8-7-15(5-6-15)10-19-12-4-2-3-11(9-16)13(12)18-14(19)17/h2-4H,5-8,10H2,1H3,(H2,17,18). The number of fused-ring (bicyclic) bond motifs is 1. The van der Waals surface area contributed by atoms with Crippen molar-refractivity contribution in [3.63, 3.8) is 0 Å². The Morgan fingerprint density at radius 3 is 2.95 bits per heavy atom. The molecule has 1 aromatic carbocycles. The Hall–Kier alpha value is -2.06. The highest BCUT2D eigenvalue weighted by Crippen LogP contribution is 2.50. The van der Waals surface area contributed by atoms with Gasteiger partial charge in [0.1, 0.15) is 11.6 Å². The fourth-order valence-electron chi connectivity index (χ4n) is 2.74. The number of nitrogens with zero attached hydrogens (tertiary/aromatic N) is 3. The van der Waals surface area contributed by atoms with Gasteiger partial charge in [0.15, 0.2) is 0 Å². The smallest absolute Gasteiger partial charge is 0.201 e. The zero-order valence-electron chi connectivity index (χ0n) is 11.6. The second kappa shape index (κ2) is 4.80. The lowest BCUT2D eigenvalue weighted by molar-refractivity contribution is 0.167. The number of nitriles is 1. The fraction of sp³-hybridized carbons (Fsp3) is 0.467. The molecule has 1 fully saturated rings. The van der Waals surface area contributed by atoms with Crippen LogP contribution in [0.25, 0.3) is 11.0 Å². The van der Waals surface area contributed by atoms with Crippen LogP contribution in [-0.4, -0.2) is 23.3 Å². The highest BCUT2D eigenvalue weighted by molar-refractivity contribution is 5.84. The minimum absolute atomic E-state index is 0.292. The lowest BCUT2D eigenvalue weighted by Gasteiger charge is -2.16. The van der Waals surface area contributed by atoms with Crippen LogP contribution in [0, 0.1) is 16.7 Å². The molecule has 0 unspecified atom stereocenters. The molecule has 3 rings (SSSR count). The second-order valence-electron chi connectivity index (χ2n) is 5.58. The van der Waals surface area contributed by atoms with E-state index in [1.807, 2.05) is 16.7 Å². The lowest BCUT2D eigenvalue weighted by atomic mass is 10.0. The van der Waals surface area contributed by atoms with E-state index in [4.69, 9.17) is 15.7 Å². The molecule has 0 radical (unpaired) electrons. The third-order valence-electron chi connectivity index (χ3n) is 4.22. The van der Waals surface area contributed by atoms with Crippen LogP contribution in [0.4, 0.5) is 5.95 Å². The number of hydrogen-bond donors (Lipinski definition) is 1. The van der Waals surface area contributed by atoms with Gasteiger partial charge >= 0.3 is 0 Å². The average Bonchev–Trinajstić information content (AvgIpc) is 3.16. The highest BCUT2D eigenvalue weighted by atomic mass is 16.5. The number of imidazole rings is 1. The third-order valence-corrected chi connectivity index (χ3v) is 4.22. The van der Waals surface area contributed by atoms with Crippen molar-refractivity contribution in [3.05, 3.63) is 23.8 Å². The molecule has 0 amide bonds. The van der Waals surface area contributed by atoms with E-state index in [9.17, 15) is 0 Å². The van der Waals surface area contributed by atoms with Crippen molar-refractivity contribution < 1.29 is 4.74 Å². The summed E-state index contributed by atoms with van der Waals surface area (Å²) in [5.74, 6) is 0.492. The van der Waals surface area contributed by atoms with Gasteiger partial charge in [0.05, 0.1) is 11.1 Å². The summed E-state index contributed by atoms with van der Waals surface area (Å²) in [4.78, 5) is 4.36. The van der Waals surface area contributed by atoms with Crippen LogP contribution in [0.5, 0.6) is 0 Å². The van der Waals surface area contributed by atoms with Crippen molar-refractivity contribution in [3.8, 4) is 6.07 Å². The van der Waals surface area contributed by atoms with Gasteiger partial charge in [-0.1, -0.05) is 6.07 Å². The summed E-state index contributed by atoms with van der Waals surface area (Å²) < 4.78 is 7.23. The predicted octanol–water partition coefficient (Wildman–Crippen LogP) is 2.31. The Morgan fingerprint density at radius 2 is 2.30 bits per heavy atom. The molecule has 1 aliphatic carbocycles. The SMILES string of the molecule is COCCC1(Cn2c(N)nc3c(C#N)cccc32)CC1. The minimum Gasteiger partial charge on any atom is -0.385 e. The zero-order valence-corrected chi connectivity index (χ0v) is 11.6.